The zero-order valence-corrected chi connectivity index (χ0v) is 22.9. The Morgan fingerprint density at radius 1 is 0.973 bits per heavy atom. The molecular weight excluding hydrogens is 555 g/mol. The number of fused-ring (bicyclic) bond motifs is 1. The molecule has 3 N–H and O–H groups in total. The summed E-state index contributed by atoms with van der Waals surface area (Å²) in [5, 5.41) is 10.3. The summed E-state index contributed by atoms with van der Waals surface area (Å²) in [4.78, 5) is 44.9. The zero-order valence-electron chi connectivity index (χ0n) is 19.6. The molecule has 0 saturated carbocycles. The van der Waals surface area contributed by atoms with Crippen molar-refractivity contribution in [2.45, 2.75) is 22.6 Å². The van der Waals surface area contributed by atoms with Crippen LogP contribution in [0, 0.1) is 0 Å². The average molecular weight is 576 g/mol. The van der Waals surface area contributed by atoms with Crippen LogP contribution in [0.3, 0.4) is 0 Å². The maximum absolute atomic E-state index is 12.5. The molecule has 0 unspecified atom stereocenters. The van der Waals surface area contributed by atoms with Crippen LogP contribution in [0.2, 0.25) is 0 Å². The summed E-state index contributed by atoms with van der Waals surface area (Å²) < 4.78 is 24.8. The fourth-order valence-electron chi connectivity index (χ4n) is 3.16. The number of anilines is 3. The minimum Gasteiger partial charge on any atom is -0.326 e. The van der Waals surface area contributed by atoms with Gasteiger partial charge in [0.1, 0.15) is 0 Å². The number of nitrogens with zero attached hydrogens (tertiary/aromatic N) is 2. The van der Waals surface area contributed by atoms with Gasteiger partial charge in [0.05, 0.1) is 33.0 Å². The van der Waals surface area contributed by atoms with Crippen molar-refractivity contribution in [3.63, 3.8) is 0 Å². The minimum absolute atomic E-state index is 0.0315. The number of sulfone groups is 1. The van der Waals surface area contributed by atoms with Crippen molar-refractivity contribution in [3.8, 4) is 0 Å². The summed E-state index contributed by atoms with van der Waals surface area (Å²) in [5.41, 5.74) is 2.31. The van der Waals surface area contributed by atoms with Gasteiger partial charge in [-0.1, -0.05) is 29.2 Å². The maximum Gasteiger partial charge on any atom is 0.234 e. The molecule has 0 saturated heterocycles. The number of thioether (sulfide) groups is 1. The first-order chi connectivity index (χ1) is 17.5. The van der Waals surface area contributed by atoms with Crippen molar-refractivity contribution in [1.29, 1.82) is 0 Å². The summed E-state index contributed by atoms with van der Waals surface area (Å²) >= 11 is 3.79. The summed E-state index contributed by atoms with van der Waals surface area (Å²) in [7, 11) is -3.33. The molecule has 10 nitrogen and oxygen atoms in total. The molecule has 3 amide bonds. The van der Waals surface area contributed by atoms with Gasteiger partial charge in [0, 0.05) is 29.9 Å². The molecule has 2 heterocycles. The number of amides is 3. The van der Waals surface area contributed by atoms with Crippen LogP contribution in [-0.2, 0) is 30.6 Å². The van der Waals surface area contributed by atoms with Gasteiger partial charge in [0.2, 0.25) is 17.7 Å². The molecule has 0 atom stereocenters. The number of nitrogens with one attached hydrogen (secondary N) is 3. The van der Waals surface area contributed by atoms with E-state index in [-0.39, 0.29) is 34.8 Å². The van der Waals surface area contributed by atoms with Gasteiger partial charge >= 0.3 is 0 Å². The van der Waals surface area contributed by atoms with E-state index in [2.05, 4.69) is 25.9 Å². The van der Waals surface area contributed by atoms with Crippen molar-refractivity contribution in [2.24, 2.45) is 0 Å². The van der Waals surface area contributed by atoms with E-state index in [4.69, 9.17) is 0 Å². The van der Waals surface area contributed by atoms with E-state index in [1.54, 1.807) is 35.7 Å². The van der Waals surface area contributed by atoms with Crippen LogP contribution in [0.5, 0.6) is 0 Å². The highest BCUT2D eigenvalue weighted by atomic mass is 32.2. The quantitative estimate of drug-likeness (QED) is 0.254. The molecular formula is C23H21N5O5S4. The predicted octanol–water partition coefficient (Wildman–Crippen LogP) is 4.03. The van der Waals surface area contributed by atoms with Gasteiger partial charge in [0.15, 0.2) is 19.3 Å². The van der Waals surface area contributed by atoms with E-state index in [1.807, 2.05) is 0 Å². The van der Waals surface area contributed by atoms with Crippen LogP contribution in [0.25, 0.3) is 10.2 Å². The van der Waals surface area contributed by atoms with Gasteiger partial charge < -0.3 is 16.0 Å². The molecule has 0 spiro atoms. The lowest BCUT2D eigenvalue weighted by atomic mass is 10.2. The highest BCUT2D eigenvalue weighted by molar-refractivity contribution is 8.01. The molecule has 2 aromatic heterocycles. The van der Waals surface area contributed by atoms with E-state index in [9.17, 15) is 22.8 Å². The Morgan fingerprint density at radius 2 is 1.73 bits per heavy atom. The van der Waals surface area contributed by atoms with E-state index < -0.39 is 9.84 Å². The van der Waals surface area contributed by atoms with Crippen LogP contribution in [0.1, 0.15) is 12.6 Å². The highest BCUT2D eigenvalue weighted by Crippen LogP contribution is 2.29. The van der Waals surface area contributed by atoms with Gasteiger partial charge in [-0.05, 0) is 36.4 Å². The number of carbonyl (C=O) groups is 3. The number of aromatic nitrogens is 2. The molecule has 0 fully saturated rings. The molecule has 14 heteroatoms. The monoisotopic (exact) mass is 575 g/mol. The lowest BCUT2D eigenvalue weighted by molar-refractivity contribution is -0.116. The Morgan fingerprint density at radius 3 is 2.46 bits per heavy atom. The topological polar surface area (TPSA) is 147 Å². The predicted molar refractivity (Wildman–Crippen MR) is 147 cm³/mol. The minimum atomic E-state index is -3.33. The summed E-state index contributed by atoms with van der Waals surface area (Å²) in [6, 6.07) is 11.5. The lowest BCUT2D eigenvalue weighted by Gasteiger charge is -2.07. The third kappa shape index (κ3) is 7.58. The van der Waals surface area contributed by atoms with E-state index in [0.29, 0.717) is 36.8 Å². The van der Waals surface area contributed by atoms with Gasteiger partial charge in [-0.15, -0.1) is 11.3 Å². The molecule has 4 rings (SSSR count). The molecule has 37 heavy (non-hydrogen) atoms. The number of benzene rings is 2. The van der Waals surface area contributed by atoms with Gasteiger partial charge in [-0.25, -0.2) is 18.4 Å². The number of carbonyl (C=O) groups excluding carboxylic acids is 3. The summed E-state index contributed by atoms with van der Waals surface area (Å²) in [6.45, 7) is 1.41. The Labute approximate surface area is 224 Å². The zero-order chi connectivity index (χ0) is 26.6. The highest BCUT2D eigenvalue weighted by Gasteiger charge is 2.14. The fourth-order valence-corrected chi connectivity index (χ4v) is 6.44. The van der Waals surface area contributed by atoms with Crippen molar-refractivity contribution in [1.82, 2.24) is 9.97 Å². The maximum atomic E-state index is 12.5. The fraction of sp³-hybridized carbons (Fsp3) is 0.174. The van der Waals surface area contributed by atoms with Crippen molar-refractivity contribution in [3.05, 3.63) is 53.5 Å². The van der Waals surface area contributed by atoms with Crippen LogP contribution in [0.15, 0.2) is 57.1 Å². The largest absolute Gasteiger partial charge is 0.326 e. The van der Waals surface area contributed by atoms with Crippen molar-refractivity contribution < 1.29 is 22.8 Å². The normalized spacial score (nSPS) is 11.3. The SMILES string of the molecule is CC(=O)Nc1cccc(NC(=O)CSc2nc(CC(=O)Nc3nc4ccc(S(C)(=O)=O)cc4s3)cs2)c1. The second-order valence-corrected chi connectivity index (χ2v) is 13.0. The Bertz CT molecular complexity index is 1600. The molecule has 0 aliphatic carbocycles. The van der Waals surface area contributed by atoms with Gasteiger partial charge in [0.25, 0.3) is 0 Å². The van der Waals surface area contributed by atoms with Gasteiger partial charge in [-0.2, -0.15) is 0 Å². The van der Waals surface area contributed by atoms with E-state index >= 15 is 0 Å². The van der Waals surface area contributed by atoms with E-state index in [1.165, 1.54) is 53.5 Å². The lowest BCUT2D eigenvalue weighted by Crippen LogP contribution is -2.15. The molecule has 192 valence electrons. The summed E-state index contributed by atoms with van der Waals surface area (Å²) in [6.07, 6.45) is 1.17. The smallest absolute Gasteiger partial charge is 0.234 e. The first kappa shape index (κ1) is 26.7. The molecule has 0 bridgehead atoms. The molecule has 4 aromatic rings. The second kappa shape index (κ2) is 11.4. The molecule has 0 aliphatic rings. The number of thiazole rings is 2. The van der Waals surface area contributed by atoms with Crippen molar-refractivity contribution >= 4 is 88.7 Å². The summed E-state index contributed by atoms with van der Waals surface area (Å²) in [5.74, 6) is -0.601. The van der Waals surface area contributed by atoms with E-state index in [0.717, 1.165) is 6.26 Å². The van der Waals surface area contributed by atoms with Crippen LogP contribution < -0.4 is 16.0 Å². The third-order valence-electron chi connectivity index (χ3n) is 4.70. The Hall–Kier alpha value is -3.33. The first-order valence-corrected chi connectivity index (χ1v) is 15.3. The third-order valence-corrected chi connectivity index (χ3v) is 8.81. The van der Waals surface area contributed by atoms with Crippen LogP contribution in [-0.4, -0.2) is 48.1 Å². The Kier molecular flexibility index (Phi) is 8.22. The first-order valence-electron chi connectivity index (χ1n) is 10.7. The van der Waals surface area contributed by atoms with Crippen molar-refractivity contribution in [2.75, 3.05) is 28.0 Å². The molecule has 2 aromatic carbocycles. The standard InChI is InChI=1S/C23H21N5O5S4/c1-13(29)24-14-4-3-5-15(8-14)25-21(31)12-35-23-26-16(11-34-23)9-20(30)28-22-27-18-7-6-17(37(2,32)33)10-19(18)36-22/h3-8,10-11H,9,12H2,1-2H3,(H,24,29)(H,25,31)(H,27,28,30). The van der Waals surface area contributed by atoms with Crippen LogP contribution in [0.4, 0.5) is 16.5 Å². The average Bonchev–Trinajstić information content (AvgIpc) is 3.42. The molecule has 0 aliphatic heterocycles. The number of hydrogen-bond donors (Lipinski definition) is 3. The van der Waals surface area contributed by atoms with Crippen LogP contribution >= 0.6 is 34.4 Å². The Balaban J connectivity index is 1.28. The number of hydrogen-bond acceptors (Lipinski definition) is 10. The number of rotatable bonds is 9. The van der Waals surface area contributed by atoms with Gasteiger partial charge in [-0.3, -0.25) is 14.4 Å². The second-order valence-electron chi connectivity index (χ2n) is 7.85. The molecule has 0 radical (unpaired) electrons.